The molecule has 1 fully saturated rings. The van der Waals surface area contributed by atoms with E-state index in [1.54, 1.807) is 12.1 Å². The number of benzene rings is 1. The number of rotatable bonds is 2. The first-order chi connectivity index (χ1) is 8.06. The van der Waals surface area contributed by atoms with Crippen molar-refractivity contribution in [3.05, 3.63) is 33.9 Å². The Labute approximate surface area is 100 Å². The van der Waals surface area contributed by atoms with E-state index in [2.05, 4.69) is 4.90 Å². The molecule has 5 nitrogen and oxygen atoms in total. The molecule has 0 saturated carbocycles. The molecule has 0 aromatic heterocycles. The second kappa shape index (κ2) is 4.71. The lowest BCUT2D eigenvalue weighted by Gasteiger charge is -2.32. The number of hydrogen-bond donors (Lipinski definition) is 1. The van der Waals surface area contributed by atoms with Crippen molar-refractivity contribution in [2.24, 2.45) is 5.73 Å². The van der Waals surface area contributed by atoms with Crippen molar-refractivity contribution in [1.82, 2.24) is 0 Å². The molecule has 0 atom stereocenters. The number of nitro benzene ring substituents is 1. The van der Waals surface area contributed by atoms with Crippen LogP contribution in [0.1, 0.15) is 18.4 Å². The monoisotopic (exact) mass is 235 g/mol. The maximum absolute atomic E-state index is 10.8. The van der Waals surface area contributed by atoms with Gasteiger partial charge in [-0.3, -0.25) is 10.1 Å². The van der Waals surface area contributed by atoms with Crippen LogP contribution in [0.4, 0.5) is 11.4 Å². The van der Waals surface area contributed by atoms with E-state index in [4.69, 9.17) is 5.73 Å². The number of non-ortho nitro benzene ring substituents is 1. The van der Waals surface area contributed by atoms with Gasteiger partial charge in [-0.1, -0.05) is 0 Å². The van der Waals surface area contributed by atoms with Crippen LogP contribution in [0.3, 0.4) is 0 Å². The molecule has 1 heterocycles. The first kappa shape index (κ1) is 11.9. The molecule has 0 amide bonds. The summed E-state index contributed by atoms with van der Waals surface area (Å²) in [4.78, 5) is 12.6. The van der Waals surface area contributed by atoms with Gasteiger partial charge in [-0.05, 0) is 31.4 Å². The lowest BCUT2D eigenvalue weighted by molar-refractivity contribution is -0.384. The number of nitrogens with zero attached hydrogens (tertiary/aromatic N) is 2. The van der Waals surface area contributed by atoms with Gasteiger partial charge in [0.15, 0.2) is 0 Å². The third kappa shape index (κ3) is 2.74. The Kier molecular flexibility index (Phi) is 3.28. The van der Waals surface area contributed by atoms with Crippen LogP contribution >= 0.6 is 0 Å². The number of nitro groups is 1. The number of aryl methyl sites for hydroxylation is 1. The normalized spacial score (nSPS) is 17.2. The zero-order valence-corrected chi connectivity index (χ0v) is 9.93. The maximum atomic E-state index is 10.8. The Morgan fingerprint density at radius 1 is 1.35 bits per heavy atom. The number of anilines is 1. The molecular formula is C12H17N3O2. The fourth-order valence-corrected chi connectivity index (χ4v) is 2.19. The predicted molar refractivity (Wildman–Crippen MR) is 67.3 cm³/mol. The van der Waals surface area contributed by atoms with Crippen LogP contribution in [-0.2, 0) is 0 Å². The maximum Gasteiger partial charge on any atom is 0.271 e. The van der Waals surface area contributed by atoms with Gasteiger partial charge in [0.05, 0.1) is 4.92 Å². The molecule has 5 heteroatoms. The van der Waals surface area contributed by atoms with E-state index in [-0.39, 0.29) is 16.7 Å². The number of hydrogen-bond acceptors (Lipinski definition) is 4. The molecule has 0 radical (unpaired) electrons. The minimum Gasteiger partial charge on any atom is -0.371 e. The van der Waals surface area contributed by atoms with Gasteiger partial charge in [0.25, 0.3) is 5.69 Å². The lowest BCUT2D eigenvalue weighted by Crippen LogP contribution is -2.39. The standard InChI is InChI=1S/C12H17N3O2/c1-9-6-11(8-12(7-9)15(16)17)14-4-2-10(13)3-5-14/h6-8,10H,2-5,13H2,1H3. The van der Waals surface area contributed by atoms with Gasteiger partial charge in [0.1, 0.15) is 0 Å². The highest BCUT2D eigenvalue weighted by Crippen LogP contribution is 2.25. The van der Waals surface area contributed by atoms with Crippen LogP contribution in [0.15, 0.2) is 18.2 Å². The summed E-state index contributed by atoms with van der Waals surface area (Å²) in [6.45, 7) is 3.63. The Morgan fingerprint density at radius 3 is 2.59 bits per heavy atom. The molecule has 0 bridgehead atoms. The van der Waals surface area contributed by atoms with Crippen molar-refractivity contribution < 1.29 is 4.92 Å². The van der Waals surface area contributed by atoms with Crippen molar-refractivity contribution in [1.29, 1.82) is 0 Å². The van der Waals surface area contributed by atoms with E-state index in [0.717, 1.165) is 37.2 Å². The molecule has 1 aliphatic heterocycles. The van der Waals surface area contributed by atoms with Gasteiger partial charge in [-0.2, -0.15) is 0 Å². The molecular weight excluding hydrogens is 218 g/mol. The summed E-state index contributed by atoms with van der Waals surface area (Å²) in [5.74, 6) is 0. The summed E-state index contributed by atoms with van der Waals surface area (Å²) in [6.07, 6.45) is 1.89. The second-order valence-electron chi connectivity index (χ2n) is 4.61. The van der Waals surface area contributed by atoms with Crippen LogP contribution in [0.25, 0.3) is 0 Å². The van der Waals surface area contributed by atoms with Gasteiger partial charge in [-0.25, -0.2) is 0 Å². The largest absolute Gasteiger partial charge is 0.371 e. The second-order valence-corrected chi connectivity index (χ2v) is 4.61. The highest BCUT2D eigenvalue weighted by atomic mass is 16.6. The fourth-order valence-electron chi connectivity index (χ4n) is 2.19. The van der Waals surface area contributed by atoms with Crippen LogP contribution in [0, 0.1) is 17.0 Å². The average Bonchev–Trinajstić information content (AvgIpc) is 2.29. The third-order valence-electron chi connectivity index (χ3n) is 3.16. The number of piperidine rings is 1. The van der Waals surface area contributed by atoms with E-state index < -0.39 is 0 Å². The Bertz CT molecular complexity index is 426. The first-order valence-electron chi connectivity index (χ1n) is 5.83. The average molecular weight is 235 g/mol. The topological polar surface area (TPSA) is 72.4 Å². The summed E-state index contributed by atoms with van der Waals surface area (Å²) < 4.78 is 0. The van der Waals surface area contributed by atoms with Gasteiger partial charge in [-0.15, -0.1) is 0 Å². The van der Waals surface area contributed by atoms with Crippen molar-refractivity contribution in [3.8, 4) is 0 Å². The van der Waals surface area contributed by atoms with Gasteiger partial charge in [0.2, 0.25) is 0 Å². The van der Waals surface area contributed by atoms with E-state index >= 15 is 0 Å². The van der Waals surface area contributed by atoms with Gasteiger partial charge < -0.3 is 10.6 Å². The summed E-state index contributed by atoms with van der Waals surface area (Å²) in [6, 6.07) is 5.50. The SMILES string of the molecule is Cc1cc(N2CCC(N)CC2)cc([N+](=O)[O-])c1. The molecule has 17 heavy (non-hydrogen) atoms. The lowest BCUT2D eigenvalue weighted by atomic mass is 10.0. The molecule has 1 aromatic carbocycles. The van der Waals surface area contributed by atoms with E-state index in [1.807, 2.05) is 13.0 Å². The van der Waals surface area contributed by atoms with Crippen LogP contribution in [0.5, 0.6) is 0 Å². The van der Waals surface area contributed by atoms with Crippen LogP contribution < -0.4 is 10.6 Å². The molecule has 2 N–H and O–H groups in total. The molecule has 1 aliphatic rings. The summed E-state index contributed by atoms with van der Waals surface area (Å²) in [7, 11) is 0. The van der Waals surface area contributed by atoms with Crippen molar-refractivity contribution in [2.75, 3.05) is 18.0 Å². The first-order valence-corrected chi connectivity index (χ1v) is 5.83. The Morgan fingerprint density at radius 2 is 2.00 bits per heavy atom. The molecule has 92 valence electrons. The molecule has 1 saturated heterocycles. The molecule has 0 spiro atoms. The van der Waals surface area contributed by atoms with Crippen molar-refractivity contribution in [3.63, 3.8) is 0 Å². The van der Waals surface area contributed by atoms with Crippen molar-refractivity contribution >= 4 is 11.4 Å². The zero-order valence-electron chi connectivity index (χ0n) is 9.93. The van der Waals surface area contributed by atoms with Crippen molar-refractivity contribution in [2.45, 2.75) is 25.8 Å². The summed E-state index contributed by atoms with van der Waals surface area (Å²) in [5, 5.41) is 10.8. The number of nitrogens with two attached hydrogens (primary N) is 1. The van der Waals surface area contributed by atoms with E-state index in [9.17, 15) is 10.1 Å². The Hall–Kier alpha value is -1.62. The minimum absolute atomic E-state index is 0.162. The molecule has 0 unspecified atom stereocenters. The zero-order chi connectivity index (χ0) is 12.4. The smallest absolute Gasteiger partial charge is 0.271 e. The minimum atomic E-state index is -0.341. The summed E-state index contributed by atoms with van der Waals surface area (Å²) in [5.41, 5.74) is 7.86. The van der Waals surface area contributed by atoms with Crippen LogP contribution in [-0.4, -0.2) is 24.1 Å². The van der Waals surface area contributed by atoms with Gasteiger partial charge in [0, 0.05) is 37.0 Å². The molecule has 2 rings (SSSR count). The quantitative estimate of drug-likeness (QED) is 0.627. The van der Waals surface area contributed by atoms with E-state index in [1.165, 1.54) is 0 Å². The highest BCUT2D eigenvalue weighted by molar-refractivity contribution is 5.56. The third-order valence-corrected chi connectivity index (χ3v) is 3.16. The van der Waals surface area contributed by atoms with E-state index in [0.29, 0.717) is 0 Å². The fraction of sp³-hybridized carbons (Fsp3) is 0.500. The highest BCUT2D eigenvalue weighted by Gasteiger charge is 2.18. The van der Waals surface area contributed by atoms with Gasteiger partial charge >= 0.3 is 0 Å². The molecule has 0 aliphatic carbocycles. The predicted octanol–water partition coefficient (Wildman–Crippen LogP) is 1.83. The molecule has 1 aromatic rings. The summed E-state index contributed by atoms with van der Waals surface area (Å²) >= 11 is 0. The Balaban J connectivity index is 2.23. The van der Waals surface area contributed by atoms with Crippen LogP contribution in [0.2, 0.25) is 0 Å².